The van der Waals surface area contributed by atoms with Crippen LogP contribution in [-0.4, -0.2) is 48.9 Å². The molecule has 1 aromatic carbocycles. The summed E-state index contributed by atoms with van der Waals surface area (Å²) in [5.41, 5.74) is 7.36. The summed E-state index contributed by atoms with van der Waals surface area (Å²) < 4.78 is 5.75. The average Bonchev–Trinajstić information content (AvgIpc) is 2.66. The van der Waals surface area contributed by atoms with Crippen molar-refractivity contribution < 1.29 is 14.3 Å². The Bertz CT molecular complexity index is 549. The summed E-state index contributed by atoms with van der Waals surface area (Å²) in [6, 6.07) is 7.67. The number of ketones is 1. The van der Waals surface area contributed by atoms with Gasteiger partial charge in [0.2, 0.25) is 5.91 Å². The third-order valence-corrected chi connectivity index (χ3v) is 4.75. The van der Waals surface area contributed by atoms with Crippen molar-refractivity contribution in [2.24, 2.45) is 5.73 Å². The molecule has 0 aliphatic carbocycles. The van der Waals surface area contributed by atoms with Gasteiger partial charge in [-0.15, -0.1) is 0 Å². The van der Waals surface area contributed by atoms with E-state index < -0.39 is 0 Å². The normalized spacial score (nSPS) is 15.4. The van der Waals surface area contributed by atoms with Crippen LogP contribution in [0.1, 0.15) is 54.9 Å². The number of hydrogen-bond donors (Lipinski definition) is 1. The number of nitrogens with two attached hydrogens (primary N) is 1. The fraction of sp³-hybridized carbons (Fsp3) is 0.600. The summed E-state index contributed by atoms with van der Waals surface area (Å²) in [5, 5.41) is 0. The van der Waals surface area contributed by atoms with Crippen molar-refractivity contribution in [3.63, 3.8) is 0 Å². The molecular weight excluding hydrogens is 316 g/mol. The van der Waals surface area contributed by atoms with E-state index in [1.807, 2.05) is 29.2 Å². The molecule has 0 radical (unpaired) electrons. The second-order valence-corrected chi connectivity index (χ2v) is 6.57. The van der Waals surface area contributed by atoms with Gasteiger partial charge in [-0.05, 0) is 37.8 Å². The summed E-state index contributed by atoms with van der Waals surface area (Å²) in [7, 11) is 0. The van der Waals surface area contributed by atoms with Crippen LogP contribution in [0, 0.1) is 0 Å². The molecule has 0 unspecified atom stereocenters. The lowest BCUT2D eigenvalue weighted by Crippen LogP contribution is -2.41. The molecule has 0 spiro atoms. The minimum atomic E-state index is 0.0380. The first-order valence-electron chi connectivity index (χ1n) is 9.35. The highest BCUT2D eigenvalue weighted by Crippen LogP contribution is 2.16. The number of aryl methyl sites for hydroxylation is 1. The van der Waals surface area contributed by atoms with Crippen molar-refractivity contribution in [1.82, 2.24) is 4.90 Å². The summed E-state index contributed by atoms with van der Waals surface area (Å²) in [4.78, 5) is 26.4. The average molecular weight is 346 g/mol. The molecule has 1 saturated heterocycles. The summed E-state index contributed by atoms with van der Waals surface area (Å²) >= 11 is 0. The van der Waals surface area contributed by atoms with E-state index >= 15 is 0 Å². The SMILES string of the molecule is CCc1ccc(C(=O)CCC(=O)N2CCC(OCCCN)CC2)cc1. The maximum absolute atomic E-state index is 12.3. The van der Waals surface area contributed by atoms with Gasteiger partial charge in [0, 0.05) is 38.1 Å². The fourth-order valence-corrected chi connectivity index (χ4v) is 3.05. The van der Waals surface area contributed by atoms with Gasteiger partial charge < -0.3 is 15.4 Å². The first-order valence-corrected chi connectivity index (χ1v) is 9.35. The molecule has 0 bridgehead atoms. The molecule has 1 heterocycles. The van der Waals surface area contributed by atoms with E-state index in [0.717, 1.165) is 25.7 Å². The number of likely N-dealkylation sites (tertiary alicyclic amines) is 1. The van der Waals surface area contributed by atoms with Crippen LogP contribution in [0.3, 0.4) is 0 Å². The zero-order chi connectivity index (χ0) is 18.1. The molecule has 2 rings (SSSR count). The van der Waals surface area contributed by atoms with Crippen molar-refractivity contribution in [1.29, 1.82) is 0 Å². The molecular formula is C20H30N2O3. The Balaban J connectivity index is 1.70. The van der Waals surface area contributed by atoms with Crippen LogP contribution < -0.4 is 5.73 Å². The van der Waals surface area contributed by atoms with Crippen LogP contribution in [-0.2, 0) is 16.0 Å². The van der Waals surface area contributed by atoms with Crippen molar-refractivity contribution in [2.75, 3.05) is 26.2 Å². The number of hydrogen-bond acceptors (Lipinski definition) is 4. The third-order valence-electron chi connectivity index (χ3n) is 4.75. The Labute approximate surface area is 150 Å². The van der Waals surface area contributed by atoms with Crippen molar-refractivity contribution >= 4 is 11.7 Å². The number of ether oxygens (including phenoxy) is 1. The molecule has 1 aliphatic rings. The van der Waals surface area contributed by atoms with Gasteiger partial charge >= 0.3 is 0 Å². The largest absolute Gasteiger partial charge is 0.378 e. The van der Waals surface area contributed by atoms with Crippen LogP contribution in [0.2, 0.25) is 0 Å². The minimum Gasteiger partial charge on any atom is -0.378 e. The van der Waals surface area contributed by atoms with E-state index in [-0.39, 0.29) is 30.6 Å². The fourth-order valence-electron chi connectivity index (χ4n) is 3.05. The minimum absolute atomic E-state index is 0.0380. The highest BCUT2D eigenvalue weighted by Gasteiger charge is 2.23. The molecule has 2 N–H and O–H groups in total. The third kappa shape index (κ3) is 6.25. The molecule has 1 aliphatic heterocycles. The molecule has 1 aromatic rings. The lowest BCUT2D eigenvalue weighted by Gasteiger charge is -2.32. The first kappa shape index (κ1) is 19.6. The number of benzene rings is 1. The molecule has 0 atom stereocenters. The van der Waals surface area contributed by atoms with Gasteiger partial charge in [0.05, 0.1) is 6.10 Å². The predicted octanol–water partition coefficient (Wildman–Crippen LogP) is 2.57. The van der Waals surface area contributed by atoms with Crippen LogP contribution >= 0.6 is 0 Å². The molecule has 0 aromatic heterocycles. The maximum Gasteiger partial charge on any atom is 0.223 e. The highest BCUT2D eigenvalue weighted by molar-refractivity contribution is 5.98. The number of carbonyl (C=O) groups is 2. The summed E-state index contributed by atoms with van der Waals surface area (Å²) in [6.07, 6.45) is 4.35. The monoisotopic (exact) mass is 346 g/mol. The van der Waals surface area contributed by atoms with Crippen LogP contribution in [0.5, 0.6) is 0 Å². The van der Waals surface area contributed by atoms with Gasteiger partial charge in [0.25, 0.3) is 0 Å². The Hall–Kier alpha value is -1.72. The number of nitrogens with zero attached hydrogens (tertiary/aromatic N) is 1. The lowest BCUT2D eigenvalue weighted by molar-refractivity contribution is -0.133. The molecule has 0 saturated carbocycles. The van der Waals surface area contributed by atoms with Gasteiger partial charge in [0.1, 0.15) is 0 Å². The zero-order valence-electron chi connectivity index (χ0n) is 15.2. The Morgan fingerprint density at radius 3 is 2.44 bits per heavy atom. The first-order chi connectivity index (χ1) is 12.1. The van der Waals surface area contributed by atoms with Gasteiger partial charge in [-0.25, -0.2) is 0 Å². The standard InChI is InChI=1S/C20H30N2O3/c1-2-16-4-6-17(7-5-16)19(23)8-9-20(24)22-13-10-18(11-14-22)25-15-3-12-21/h4-7,18H,2-3,8-15,21H2,1H3. The summed E-state index contributed by atoms with van der Waals surface area (Å²) in [6.45, 7) is 4.85. The molecule has 1 amide bonds. The van der Waals surface area contributed by atoms with Gasteiger partial charge in [-0.1, -0.05) is 31.2 Å². The highest BCUT2D eigenvalue weighted by atomic mass is 16.5. The summed E-state index contributed by atoms with van der Waals surface area (Å²) in [5.74, 6) is 0.106. The van der Waals surface area contributed by atoms with Crippen molar-refractivity contribution in [2.45, 2.75) is 51.6 Å². The van der Waals surface area contributed by atoms with Crippen LogP contribution in [0.4, 0.5) is 0 Å². The number of amides is 1. The second-order valence-electron chi connectivity index (χ2n) is 6.57. The molecule has 25 heavy (non-hydrogen) atoms. The van der Waals surface area contributed by atoms with E-state index in [2.05, 4.69) is 6.92 Å². The van der Waals surface area contributed by atoms with Gasteiger partial charge in [0.15, 0.2) is 5.78 Å². The number of rotatable bonds is 9. The topological polar surface area (TPSA) is 72.6 Å². The van der Waals surface area contributed by atoms with E-state index in [0.29, 0.717) is 31.8 Å². The molecule has 5 nitrogen and oxygen atoms in total. The van der Waals surface area contributed by atoms with Crippen molar-refractivity contribution in [3.05, 3.63) is 35.4 Å². The molecule has 5 heteroatoms. The quantitative estimate of drug-likeness (QED) is 0.551. The number of carbonyl (C=O) groups excluding carboxylic acids is 2. The van der Waals surface area contributed by atoms with Gasteiger partial charge in [-0.3, -0.25) is 9.59 Å². The number of Topliss-reactive ketones (excluding diaryl/α,β-unsaturated/α-hetero) is 1. The maximum atomic E-state index is 12.3. The van der Waals surface area contributed by atoms with Crippen molar-refractivity contribution in [3.8, 4) is 0 Å². The Kier molecular flexibility index (Phi) is 8.09. The lowest BCUT2D eigenvalue weighted by atomic mass is 10.0. The zero-order valence-corrected chi connectivity index (χ0v) is 15.2. The van der Waals surface area contributed by atoms with Gasteiger partial charge in [-0.2, -0.15) is 0 Å². The second kappa shape index (κ2) is 10.3. The molecule has 1 fully saturated rings. The van der Waals surface area contributed by atoms with E-state index in [1.54, 1.807) is 0 Å². The van der Waals surface area contributed by atoms with E-state index in [1.165, 1.54) is 5.56 Å². The van der Waals surface area contributed by atoms with Crippen LogP contribution in [0.25, 0.3) is 0 Å². The number of piperidine rings is 1. The molecule has 138 valence electrons. The van der Waals surface area contributed by atoms with E-state index in [4.69, 9.17) is 10.5 Å². The Morgan fingerprint density at radius 2 is 1.84 bits per heavy atom. The van der Waals surface area contributed by atoms with E-state index in [9.17, 15) is 9.59 Å². The van der Waals surface area contributed by atoms with Crippen LogP contribution in [0.15, 0.2) is 24.3 Å². The smallest absolute Gasteiger partial charge is 0.223 e. The Morgan fingerprint density at radius 1 is 1.16 bits per heavy atom. The predicted molar refractivity (Wildman–Crippen MR) is 98.6 cm³/mol.